The van der Waals surface area contributed by atoms with E-state index in [4.69, 9.17) is 4.74 Å². The molecule has 0 unspecified atom stereocenters. The minimum atomic E-state index is -0.552. The van der Waals surface area contributed by atoms with Crippen molar-refractivity contribution < 1.29 is 9.66 Å². The zero-order valence-corrected chi connectivity index (χ0v) is 15.1. The van der Waals surface area contributed by atoms with Crippen LogP contribution in [0.4, 0.5) is 28.8 Å². The van der Waals surface area contributed by atoms with E-state index in [-0.39, 0.29) is 17.3 Å². The van der Waals surface area contributed by atoms with Crippen molar-refractivity contribution in [3.05, 3.63) is 63.5 Å². The highest BCUT2D eigenvalue weighted by Gasteiger charge is 2.23. The summed E-state index contributed by atoms with van der Waals surface area (Å²) in [4.78, 5) is 23.1. The summed E-state index contributed by atoms with van der Waals surface area (Å²) in [5, 5.41) is 17.4. The van der Waals surface area contributed by atoms with E-state index in [2.05, 4.69) is 41.5 Å². The van der Waals surface area contributed by atoms with E-state index >= 15 is 0 Å². The normalized spacial score (nSPS) is 10.2. The molecule has 0 aliphatic heterocycles. The van der Waals surface area contributed by atoms with Crippen LogP contribution in [-0.2, 0) is 0 Å². The molecule has 2 N–H and O–H groups in total. The van der Waals surface area contributed by atoms with Gasteiger partial charge >= 0.3 is 5.69 Å². The van der Waals surface area contributed by atoms with E-state index in [1.54, 1.807) is 49.7 Å². The maximum Gasteiger partial charge on any atom is 0.353 e. The Hall–Kier alpha value is -3.27. The van der Waals surface area contributed by atoms with Crippen LogP contribution in [0.25, 0.3) is 0 Å². The summed E-state index contributed by atoms with van der Waals surface area (Å²) in [6.07, 6.45) is 2.81. The van der Waals surface area contributed by atoms with E-state index in [1.807, 2.05) is 0 Å². The van der Waals surface area contributed by atoms with Gasteiger partial charge in [0.2, 0.25) is 11.6 Å². The quantitative estimate of drug-likeness (QED) is 0.456. The number of nitro groups is 1. The number of rotatable bonds is 6. The van der Waals surface area contributed by atoms with Crippen molar-refractivity contribution in [1.82, 2.24) is 15.0 Å². The van der Waals surface area contributed by atoms with Crippen molar-refractivity contribution in [1.29, 1.82) is 0 Å². The molecule has 1 aromatic carbocycles. The van der Waals surface area contributed by atoms with Crippen molar-refractivity contribution >= 4 is 44.8 Å². The lowest BCUT2D eigenvalue weighted by molar-refractivity contribution is -0.383. The van der Waals surface area contributed by atoms with Gasteiger partial charge in [-0.1, -0.05) is 6.07 Å². The van der Waals surface area contributed by atoms with Gasteiger partial charge in [-0.2, -0.15) is 0 Å². The monoisotopic (exact) mass is 416 g/mol. The highest BCUT2D eigenvalue weighted by molar-refractivity contribution is 9.10. The molecule has 2 aromatic heterocycles. The van der Waals surface area contributed by atoms with Gasteiger partial charge in [-0.05, 0) is 40.2 Å². The average molecular weight is 417 g/mol. The van der Waals surface area contributed by atoms with Crippen LogP contribution in [0.15, 0.2) is 53.4 Å². The predicted octanol–water partition coefficient (Wildman–Crippen LogP) is 4.04. The van der Waals surface area contributed by atoms with E-state index in [9.17, 15) is 10.1 Å². The molecule has 3 aromatic rings. The summed E-state index contributed by atoms with van der Waals surface area (Å²) in [7, 11) is 1.54. The Kier molecular flexibility index (Phi) is 5.23. The predicted molar refractivity (Wildman–Crippen MR) is 100 cm³/mol. The van der Waals surface area contributed by atoms with Gasteiger partial charge in [-0.15, -0.1) is 0 Å². The fourth-order valence-electron chi connectivity index (χ4n) is 2.14. The number of benzene rings is 1. The van der Waals surface area contributed by atoms with Gasteiger partial charge in [0.1, 0.15) is 17.9 Å². The number of methoxy groups -OCH3 is 1. The zero-order chi connectivity index (χ0) is 18.5. The number of nitrogens with one attached hydrogen (secondary N) is 2. The maximum atomic E-state index is 11.6. The number of hydrogen-bond acceptors (Lipinski definition) is 8. The second-order valence-corrected chi connectivity index (χ2v) is 5.94. The van der Waals surface area contributed by atoms with Crippen molar-refractivity contribution in [2.24, 2.45) is 0 Å². The summed E-state index contributed by atoms with van der Waals surface area (Å²) in [6, 6.07) is 10.4. The third kappa shape index (κ3) is 4.03. The highest BCUT2D eigenvalue weighted by Crippen LogP contribution is 2.33. The average Bonchev–Trinajstić information content (AvgIpc) is 2.64. The second kappa shape index (κ2) is 7.74. The molecule has 0 amide bonds. The van der Waals surface area contributed by atoms with Crippen LogP contribution >= 0.6 is 15.9 Å². The lowest BCUT2D eigenvalue weighted by Gasteiger charge is -2.10. The summed E-state index contributed by atoms with van der Waals surface area (Å²) >= 11 is 3.28. The molecule has 0 aliphatic rings. The molecule has 0 saturated heterocycles. The number of pyridine rings is 1. The number of aromatic nitrogens is 3. The van der Waals surface area contributed by atoms with Gasteiger partial charge < -0.3 is 15.4 Å². The molecule has 0 saturated carbocycles. The molecule has 3 rings (SSSR count). The molecule has 0 bridgehead atoms. The van der Waals surface area contributed by atoms with Gasteiger partial charge in [0.15, 0.2) is 0 Å². The van der Waals surface area contributed by atoms with Gasteiger partial charge in [0.25, 0.3) is 0 Å². The molecule has 0 aliphatic carbocycles. The van der Waals surface area contributed by atoms with Gasteiger partial charge in [-0.3, -0.25) is 10.1 Å². The third-order valence-corrected chi connectivity index (χ3v) is 3.78. The summed E-state index contributed by atoms with van der Waals surface area (Å²) < 4.78 is 5.94. The van der Waals surface area contributed by atoms with Crippen LogP contribution in [0.3, 0.4) is 0 Å². The van der Waals surface area contributed by atoms with Crippen LogP contribution < -0.4 is 15.4 Å². The molecule has 9 nitrogen and oxygen atoms in total. The zero-order valence-electron chi connectivity index (χ0n) is 13.5. The number of hydrogen-bond donors (Lipinski definition) is 2. The topological polar surface area (TPSA) is 115 Å². The number of ether oxygens (including phenoxy) is 1. The van der Waals surface area contributed by atoms with E-state index in [0.717, 1.165) is 4.47 Å². The minimum Gasteiger partial charge on any atom is -0.497 e. The highest BCUT2D eigenvalue weighted by atomic mass is 79.9. The Morgan fingerprint density at radius 2 is 1.88 bits per heavy atom. The van der Waals surface area contributed by atoms with Crippen LogP contribution in [0.1, 0.15) is 0 Å². The first kappa shape index (κ1) is 17.5. The van der Waals surface area contributed by atoms with E-state index < -0.39 is 4.92 Å². The first-order valence-corrected chi connectivity index (χ1v) is 8.15. The van der Waals surface area contributed by atoms with Crippen LogP contribution in [0.2, 0.25) is 0 Å². The standard InChI is InChI=1S/C16H13BrN6O3/c1-26-12-4-2-3-11(7-12)21-15-14(23(24)25)16(20-9-19-15)22-13-6-5-10(17)8-18-13/h2-9H,1H3,(H2,18,19,20,21,22). The van der Waals surface area contributed by atoms with Crippen LogP contribution in [0, 0.1) is 10.1 Å². The molecule has 2 heterocycles. The summed E-state index contributed by atoms with van der Waals surface area (Å²) in [6.45, 7) is 0. The minimum absolute atomic E-state index is 0.0326. The van der Waals surface area contributed by atoms with Gasteiger partial charge in [0.05, 0.1) is 12.0 Å². The fourth-order valence-corrected chi connectivity index (χ4v) is 2.38. The molecule has 0 atom stereocenters. The molecule has 26 heavy (non-hydrogen) atoms. The van der Waals surface area contributed by atoms with Crippen LogP contribution in [-0.4, -0.2) is 27.0 Å². The van der Waals surface area contributed by atoms with Crippen molar-refractivity contribution in [3.63, 3.8) is 0 Å². The van der Waals surface area contributed by atoms with Gasteiger partial charge in [0, 0.05) is 22.4 Å². The third-order valence-electron chi connectivity index (χ3n) is 3.31. The Bertz CT molecular complexity index is 936. The fraction of sp³-hybridized carbons (Fsp3) is 0.0625. The number of nitrogens with zero attached hydrogens (tertiary/aromatic N) is 4. The van der Waals surface area contributed by atoms with E-state index in [1.165, 1.54) is 6.33 Å². The Labute approximate surface area is 156 Å². The lowest BCUT2D eigenvalue weighted by atomic mass is 10.3. The van der Waals surface area contributed by atoms with Gasteiger partial charge in [-0.25, -0.2) is 15.0 Å². The van der Waals surface area contributed by atoms with Crippen molar-refractivity contribution in [3.8, 4) is 5.75 Å². The molecule has 0 spiro atoms. The maximum absolute atomic E-state index is 11.6. The van der Waals surface area contributed by atoms with E-state index in [0.29, 0.717) is 17.3 Å². The molecular weight excluding hydrogens is 404 g/mol. The summed E-state index contributed by atoms with van der Waals surface area (Å²) in [5.41, 5.74) is 0.305. The Morgan fingerprint density at radius 3 is 2.54 bits per heavy atom. The number of halogens is 1. The SMILES string of the molecule is COc1cccc(Nc2ncnc(Nc3ccc(Br)cn3)c2[N+](=O)[O-])c1. The number of anilines is 4. The Morgan fingerprint density at radius 1 is 1.12 bits per heavy atom. The lowest BCUT2D eigenvalue weighted by Crippen LogP contribution is -2.06. The van der Waals surface area contributed by atoms with Crippen molar-refractivity contribution in [2.75, 3.05) is 17.7 Å². The van der Waals surface area contributed by atoms with Crippen LogP contribution in [0.5, 0.6) is 5.75 Å². The molecule has 10 heteroatoms. The molecule has 0 radical (unpaired) electrons. The Balaban J connectivity index is 1.95. The first-order chi connectivity index (χ1) is 12.6. The largest absolute Gasteiger partial charge is 0.497 e. The first-order valence-electron chi connectivity index (χ1n) is 7.36. The molecule has 0 fully saturated rings. The smallest absolute Gasteiger partial charge is 0.353 e. The second-order valence-electron chi connectivity index (χ2n) is 5.02. The summed E-state index contributed by atoms with van der Waals surface area (Å²) in [5.74, 6) is 1.12. The molecule has 132 valence electrons. The molecular formula is C16H13BrN6O3. The van der Waals surface area contributed by atoms with Crippen molar-refractivity contribution in [2.45, 2.75) is 0 Å².